The average molecular weight is 356 g/mol. The topological polar surface area (TPSA) is 97.6 Å². The molecule has 2 aromatic rings. The molecule has 26 heavy (non-hydrogen) atoms. The Hall–Kier alpha value is -3.16. The van der Waals surface area contributed by atoms with Gasteiger partial charge in [0, 0.05) is 43.5 Å². The summed E-state index contributed by atoms with van der Waals surface area (Å²) in [4.78, 5) is 29.4. The van der Waals surface area contributed by atoms with Crippen molar-refractivity contribution in [2.75, 3.05) is 25.1 Å². The molecule has 1 saturated heterocycles. The zero-order chi connectivity index (χ0) is 18.5. The number of hydrogen-bond acceptors (Lipinski definition) is 6. The highest BCUT2D eigenvalue weighted by atomic mass is 16.6. The summed E-state index contributed by atoms with van der Waals surface area (Å²) < 4.78 is 4.99. The number of nitro groups is 1. The monoisotopic (exact) mass is 356 g/mol. The van der Waals surface area contributed by atoms with Crippen LogP contribution in [0.3, 0.4) is 0 Å². The van der Waals surface area contributed by atoms with E-state index in [4.69, 9.17) is 4.74 Å². The van der Waals surface area contributed by atoms with Crippen molar-refractivity contribution in [3.05, 3.63) is 57.8 Å². The fraction of sp³-hybridized carbons (Fsp3) is 0.333. The van der Waals surface area contributed by atoms with E-state index in [1.165, 1.54) is 13.2 Å². The SMILES string of the molecule is COc1ccc(CNC(=O)c2ccc(N3CCCC3)c([N+](=O)[O-])c2)cn1. The lowest BCUT2D eigenvalue weighted by atomic mass is 10.1. The Labute approximate surface area is 150 Å². The maximum Gasteiger partial charge on any atom is 0.293 e. The van der Waals surface area contributed by atoms with E-state index in [0.29, 0.717) is 11.6 Å². The van der Waals surface area contributed by atoms with E-state index >= 15 is 0 Å². The van der Waals surface area contributed by atoms with E-state index < -0.39 is 4.92 Å². The molecule has 8 heteroatoms. The van der Waals surface area contributed by atoms with Gasteiger partial charge in [-0.3, -0.25) is 14.9 Å². The van der Waals surface area contributed by atoms with Crippen molar-refractivity contribution < 1.29 is 14.5 Å². The third-order valence-corrected chi connectivity index (χ3v) is 4.34. The van der Waals surface area contributed by atoms with Crippen LogP contribution in [0.1, 0.15) is 28.8 Å². The van der Waals surface area contributed by atoms with Gasteiger partial charge >= 0.3 is 0 Å². The number of carbonyl (C=O) groups excluding carboxylic acids is 1. The molecule has 0 aliphatic carbocycles. The van der Waals surface area contributed by atoms with Gasteiger partial charge in [0.05, 0.1) is 12.0 Å². The summed E-state index contributed by atoms with van der Waals surface area (Å²) in [6.45, 7) is 1.88. The number of benzene rings is 1. The Morgan fingerprint density at radius 2 is 2.08 bits per heavy atom. The predicted molar refractivity (Wildman–Crippen MR) is 96.5 cm³/mol. The molecule has 0 bridgehead atoms. The number of ether oxygens (including phenoxy) is 1. The van der Waals surface area contributed by atoms with Gasteiger partial charge in [0.2, 0.25) is 5.88 Å². The van der Waals surface area contributed by atoms with Crippen LogP contribution in [-0.2, 0) is 6.54 Å². The minimum absolute atomic E-state index is 0.0364. The first-order valence-corrected chi connectivity index (χ1v) is 8.39. The van der Waals surface area contributed by atoms with Crippen molar-refractivity contribution in [2.24, 2.45) is 0 Å². The van der Waals surface area contributed by atoms with E-state index in [9.17, 15) is 14.9 Å². The standard InChI is InChI=1S/C18H20N4O4/c1-26-17-7-4-13(11-19-17)12-20-18(23)14-5-6-15(16(10-14)22(24)25)21-8-2-3-9-21/h4-7,10-11H,2-3,8-9,12H2,1H3,(H,20,23). The zero-order valence-electron chi connectivity index (χ0n) is 14.5. The quantitative estimate of drug-likeness (QED) is 0.631. The molecule has 1 N–H and O–H groups in total. The van der Waals surface area contributed by atoms with Gasteiger partial charge in [0.1, 0.15) is 5.69 Å². The van der Waals surface area contributed by atoms with E-state index in [1.54, 1.807) is 30.5 Å². The molecule has 1 fully saturated rings. The van der Waals surface area contributed by atoms with Crippen molar-refractivity contribution >= 4 is 17.3 Å². The smallest absolute Gasteiger partial charge is 0.293 e. The van der Waals surface area contributed by atoms with Gasteiger partial charge in [0.25, 0.3) is 11.6 Å². The van der Waals surface area contributed by atoms with Crippen LogP contribution in [0.25, 0.3) is 0 Å². The average Bonchev–Trinajstić information content (AvgIpc) is 3.20. The number of rotatable bonds is 6. The number of pyridine rings is 1. The van der Waals surface area contributed by atoms with Crippen molar-refractivity contribution in [2.45, 2.75) is 19.4 Å². The Morgan fingerprint density at radius 1 is 1.31 bits per heavy atom. The highest BCUT2D eigenvalue weighted by molar-refractivity contribution is 5.95. The zero-order valence-corrected chi connectivity index (χ0v) is 14.5. The van der Waals surface area contributed by atoms with Crippen molar-refractivity contribution in [1.29, 1.82) is 0 Å². The number of nitro benzene ring substituents is 1. The van der Waals surface area contributed by atoms with Gasteiger partial charge in [-0.05, 0) is 30.5 Å². The van der Waals surface area contributed by atoms with Crippen molar-refractivity contribution in [1.82, 2.24) is 10.3 Å². The van der Waals surface area contributed by atoms with Crippen LogP contribution in [0.4, 0.5) is 11.4 Å². The molecule has 1 aliphatic heterocycles. The second-order valence-electron chi connectivity index (χ2n) is 6.05. The highest BCUT2D eigenvalue weighted by Crippen LogP contribution is 2.31. The third-order valence-electron chi connectivity index (χ3n) is 4.34. The summed E-state index contributed by atoms with van der Waals surface area (Å²) in [6.07, 6.45) is 3.66. The van der Waals surface area contributed by atoms with Crippen LogP contribution >= 0.6 is 0 Å². The number of aromatic nitrogens is 1. The summed E-state index contributed by atoms with van der Waals surface area (Å²) in [7, 11) is 1.53. The first-order valence-electron chi connectivity index (χ1n) is 8.39. The van der Waals surface area contributed by atoms with Gasteiger partial charge in [-0.2, -0.15) is 0 Å². The molecule has 0 atom stereocenters. The van der Waals surface area contributed by atoms with Gasteiger partial charge in [-0.1, -0.05) is 6.07 Å². The molecule has 2 heterocycles. The van der Waals surface area contributed by atoms with Gasteiger partial charge < -0.3 is 15.0 Å². The van der Waals surface area contributed by atoms with Crippen LogP contribution in [0.5, 0.6) is 5.88 Å². The predicted octanol–water partition coefficient (Wildman–Crippen LogP) is 2.53. The van der Waals surface area contributed by atoms with E-state index in [2.05, 4.69) is 10.3 Å². The van der Waals surface area contributed by atoms with Crippen LogP contribution in [0, 0.1) is 10.1 Å². The lowest BCUT2D eigenvalue weighted by Gasteiger charge is -2.17. The van der Waals surface area contributed by atoms with E-state index in [-0.39, 0.29) is 23.7 Å². The molecule has 3 rings (SSSR count). The lowest BCUT2D eigenvalue weighted by Crippen LogP contribution is -2.24. The molecule has 0 unspecified atom stereocenters. The summed E-state index contributed by atoms with van der Waals surface area (Å²) in [5, 5.41) is 14.2. The largest absolute Gasteiger partial charge is 0.481 e. The lowest BCUT2D eigenvalue weighted by molar-refractivity contribution is -0.384. The summed E-state index contributed by atoms with van der Waals surface area (Å²) in [5.41, 5.74) is 1.61. The molecular weight excluding hydrogens is 336 g/mol. The van der Waals surface area contributed by atoms with Crippen molar-refractivity contribution in [3.8, 4) is 5.88 Å². The first-order chi connectivity index (χ1) is 12.6. The molecule has 0 saturated carbocycles. The second kappa shape index (κ2) is 7.81. The fourth-order valence-corrected chi connectivity index (χ4v) is 2.96. The van der Waals surface area contributed by atoms with Gasteiger partial charge in [0.15, 0.2) is 0 Å². The maximum atomic E-state index is 12.4. The molecule has 1 aliphatic rings. The van der Waals surface area contributed by atoms with E-state index in [1.807, 2.05) is 4.90 Å². The number of amides is 1. The molecule has 8 nitrogen and oxygen atoms in total. The number of methoxy groups -OCH3 is 1. The minimum atomic E-state index is -0.433. The Balaban J connectivity index is 1.72. The molecule has 1 aromatic carbocycles. The third kappa shape index (κ3) is 3.90. The highest BCUT2D eigenvalue weighted by Gasteiger charge is 2.23. The van der Waals surface area contributed by atoms with Crippen LogP contribution < -0.4 is 15.0 Å². The van der Waals surface area contributed by atoms with E-state index in [0.717, 1.165) is 31.5 Å². The summed E-state index contributed by atoms with van der Waals surface area (Å²) in [6, 6.07) is 8.13. The Morgan fingerprint density at radius 3 is 2.69 bits per heavy atom. The van der Waals surface area contributed by atoms with Crippen LogP contribution in [0.2, 0.25) is 0 Å². The second-order valence-corrected chi connectivity index (χ2v) is 6.05. The van der Waals surface area contributed by atoms with Gasteiger partial charge in [-0.25, -0.2) is 4.98 Å². The van der Waals surface area contributed by atoms with Crippen molar-refractivity contribution in [3.63, 3.8) is 0 Å². The molecule has 1 amide bonds. The number of nitrogens with zero attached hydrogens (tertiary/aromatic N) is 3. The first kappa shape index (κ1) is 17.7. The van der Waals surface area contributed by atoms with Gasteiger partial charge in [-0.15, -0.1) is 0 Å². The number of hydrogen-bond donors (Lipinski definition) is 1. The Bertz CT molecular complexity index is 801. The number of anilines is 1. The fourth-order valence-electron chi connectivity index (χ4n) is 2.96. The number of carbonyl (C=O) groups is 1. The maximum absolute atomic E-state index is 12.4. The summed E-state index contributed by atoms with van der Waals surface area (Å²) in [5.74, 6) is 0.130. The molecular formula is C18H20N4O4. The molecule has 1 aromatic heterocycles. The molecule has 0 spiro atoms. The number of nitrogens with one attached hydrogen (secondary N) is 1. The normalized spacial score (nSPS) is 13.5. The van der Waals surface area contributed by atoms with Crippen LogP contribution in [-0.4, -0.2) is 36.0 Å². The summed E-state index contributed by atoms with van der Waals surface area (Å²) >= 11 is 0. The van der Waals surface area contributed by atoms with Crippen LogP contribution in [0.15, 0.2) is 36.5 Å². The molecule has 0 radical (unpaired) electrons. The minimum Gasteiger partial charge on any atom is -0.481 e. The Kier molecular flexibility index (Phi) is 5.31. The molecule has 136 valence electrons.